The molecule has 1 atom stereocenters. The Morgan fingerprint density at radius 1 is 1.41 bits per heavy atom. The molecular weight excluding hydrogens is 238 g/mol. The SMILES string of the molecule is CCCc1nc(Cl)c(C)c(NC(C)CCO)n1. The molecule has 0 aliphatic carbocycles. The fourth-order valence-electron chi connectivity index (χ4n) is 1.51. The quantitative estimate of drug-likeness (QED) is 0.769. The van der Waals surface area contributed by atoms with Gasteiger partial charge in [0, 0.05) is 24.6 Å². The van der Waals surface area contributed by atoms with E-state index in [-0.39, 0.29) is 12.6 Å². The highest BCUT2D eigenvalue weighted by molar-refractivity contribution is 6.30. The molecule has 0 spiro atoms. The predicted molar refractivity (Wildman–Crippen MR) is 70.6 cm³/mol. The van der Waals surface area contributed by atoms with Crippen molar-refractivity contribution in [3.8, 4) is 0 Å². The maximum absolute atomic E-state index is 8.88. The predicted octanol–water partition coefficient (Wildman–Crippen LogP) is 2.57. The molecule has 1 aromatic rings. The average Bonchev–Trinajstić information content (AvgIpc) is 2.26. The number of aliphatic hydroxyl groups excluding tert-OH is 1. The van der Waals surface area contributed by atoms with E-state index in [0.717, 1.165) is 30.0 Å². The molecule has 0 saturated carbocycles. The minimum atomic E-state index is 0.161. The van der Waals surface area contributed by atoms with Crippen LogP contribution in [0.25, 0.3) is 0 Å². The zero-order valence-electron chi connectivity index (χ0n) is 10.6. The highest BCUT2D eigenvalue weighted by Gasteiger charge is 2.11. The monoisotopic (exact) mass is 257 g/mol. The summed E-state index contributed by atoms with van der Waals surface area (Å²) in [5.74, 6) is 1.54. The van der Waals surface area contributed by atoms with Gasteiger partial charge in [0.05, 0.1) is 0 Å². The third-order valence-electron chi connectivity index (χ3n) is 2.55. The van der Waals surface area contributed by atoms with Gasteiger partial charge in [0.25, 0.3) is 0 Å². The third-order valence-corrected chi connectivity index (χ3v) is 2.92. The number of aromatic nitrogens is 2. The maximum atomic E-state index is 8.88. The number of nitrogens with zero attached hydrogens (tertiary/aromatic N) is 2. The number of anilines is 1. The number of hydrogen-bond donors (Lipinski definition) is 2. The average molecular weight is 258 g/mol. The van der Waals surface area contributed by atoms with Gasteiger partial charge in [0.1, 0.15) is 16.8 Å². The van der Waals surface area contributed by atoms with Crippen molar-refractivity contribution in [2.45, 2.75) is 46.1 Å². The summed E-state index contributed by atoms with van der Waals surface area (Å²) in [6.07, 6.45) is 2.50. The second kappa shape index (κ2) is 6.77. The summed E-state index contributed by atoms with van der Waals surface area (Å²) in [5.41, 5.74) is 0.858. The van der Waals surface area contributed by atoms with Gasteiger partial charge in [0.2, 0.25) is 0 Å². The van der Waals surface area contributed by atoms with Gasteiger partial charge >= 0.3 is 0 Å². The number of rotatable bonds is 6. The number of aliphatic hydroxyl groups is 1. The van der Waals surface area contributed by atoms with Gasteiger partial charge in [-0.05, 0) is 26.7 Å². The molecule has 4 nitrogen and oxygen atoms in total. The Labute approximate surface area is 107 Å². The van der Waals surface area contributed by atoms with E-state index >= 15 is 0 Å². The van der Waals surface area contributed by atoms with Gasteiger partial charge in [-0.15, -0.1) is 0 Å². The molecule has 0 amide bonds. The first kappa shape index (κ1) is 14.2. The number of hydrogen-bond acceptors (Lipinski definition) is 4. The van der Waals surface area contributed by atoms with Gasteiger partial charge in [-0.3, -0.25) is 0 Å². The Balaban J connectivity index is 2.88. The van der Waals surface area contributed by atoms with Crippen LogP contribution in [0.15, 0.2) is 0 Å². The van der Waals surface area contributed by atoms with Gasteiger partial charge in [-0.1, -0.05) is 18.5 Å². The molecule has 0 aromatic carbocycles. The minimum absolute atomic E-state index is 0.161. The molecule has 0 fully saturated rings. The highest BCUT2D eigenvalue weighted by Crippen LogP contribution is 2.21. The van der Waals surface area contributed by atoms with E-state index in [1.54, 1.807) is 0 Å². The van der Waals surface area contributed by atoms with E-state index in [9.17, 15) is 0 Å². The van der Waals surface area contributed by atoms with Crippen LogP contribution < -0.4 is 5.32 Å². The second-order valence-electron chi connectivity index (χ2n) is 4.21. The molecule has 17 heavy (non-hydrogen) atoms. The molecule has 1 heterocycles. The zero-order valence-corrected chi connectivity index (χ0v) is 11.4. The van der Waals surface area contributed by atoms with Crippen molar-refractivity contribution in [1.29, 1.82) is 0 Å². The molecule has 0 aliphatic heterocycles. The summed E-state index contributed by atoms with van der Waals surface area (Å²) in [6, 6.07) is 0.166. The lowest BCUT2D eigenvalue weighted by Crippen LogP contribution is -2.19. The summed E-state index contributed by atoms with van der Waals surface area (Å²) in [6.45, 7) is 6.14. The van der Waals surface area contributed by atoms with Crippen LogP contribution in [0.2, 0.25) is 5.15 Å². The summed E-state index contributed by atoms with van der Waals surface area (Å²) < 4.78 is 0. The van der Waals surface area contributed by atoms with Crippen LogP contribution in [0.3, 0.4) is 0 Å². The summed E-state index contributed by atoms with van der Waals surface area (Å²) >= 11 is 6.07. The Morgan fingerprint density at radius 2 is 2.12 bits per heavy atom. The lowest BCUT2D eigenvalue weighted by Gasteiger charge is -2.16. The number of aryl methyl sites for hydroxylation is 1. The van der Waals surface area contributed by atoms with Crippen molar-refractivity contribution in [3.63, 3.8) is 0 Å². The minimum Gasteiger partial charge on any atom is -0.396 e. The van der Waals surface area contributed by atoms with Crippen molar-refractivity contribution >= 4 is 17.4 Å². The Morgan fingerprint density at radius 3 is 2.71 bits per heavy atom. The van der Waals surface area contributed by atoms with Crippen molar-refractivity contribution < 1.29 is 5.11 Å². The first-order valence-corrected chi connectivity index (χ1v) is 6.36. The molecule has 0 aliphatic rings. The Bertz CT molecular complexity index is 371. The van der Waals surface area contributed by atoms with Crippen LogP contribution in [0.5, 0.6) is 0 Å². The van der Waals surface area contributed by atoms with Crippen LogP contribution in [0.1, 0.15) is 38.1 Å². The lowest BCUT2D eigenvalue weighted by atomic mass is 10.2. The van der Waals surface area contributed by atoms with Crippen molar-refractivity contribution in [3.05, 3.63) is 16.5 Å². The van der Waals surface area contributed by atoms with Gasteiger partial charge < -0.3 is 10.4 Å². The standard InChI is InChI=1S/C12H20ClN3O/c1-4-5-10-15-11(13)9(3)12(16-10)14-8(2)6-7-17/h8,17H,4-7H2,1-3H3,(H,14,15,16). The van der Waals surface area contributed by atoms with E-state index in [2.05, 4.69) is 22.2 Å². The maximum Gasteiger partial charge on any atom is 0.137 e. The van der Waals surface area contributed by atoms with Crippen LogP contribution in [-0.2, 0) is 6.42 Å². The van der Waals surface area contributed by atoms with Gasteiger partial charge in [-0.25, -0.2) is 9.97 Å². The van der Waals surface area contributed by atoms with E-state index in [4.69, 9.17) is 16.7 Å². The molecule has 1 unspecified atom stereocenters. The van der Waals surface area contributed by atoms with Crippen molar-refractivity contribution in [2.24, 2.45) is 0 Å². The van der Waals surface area contributed by atoms with Crippen LogP contribution in [-0.4, -0.2) is 27.7 Å². The van der Waals surface area contributed by atoms with E-state index in [1.807, 2.05) is 13.8 Å². The van der Waals surface area contributed by atoms with Crippen molar-refractivity contribution in [2.75, 3.05) is 11.9 Å². The Kier molecular flexibility index (Phi) is 5.65. The molecule has 1 aromatic heterocycles. The molecule has 5 heteroatoms. The lowest BCUT2D eigenvalue weighted by molar-refractivity contribution is 0.282. The van der Waals surface area contributed by atoms with Crippen molar-refractivity contribution in [1.82, 2.24) is 9.97 Å². The number of halogens is 1. The molecule has 1 rings (SSSR count). The third kappa shape index (κ3) is 4.13. The summed E-state index contributed by atoms with van der Waals surface area (Å²) in [4.78, 5) is 8.70. The highest BCUT2D eigenvalue weighted by atomic mass is 35.5. The summed E-state index contributed by atoms with van der Waals surface area (Å²) in [7, 11) is 0. The fourth-order valence-corrected chi connectivity index (χ4v) is 1.69. The number of nitrogens with one attached hydrogen (secondary N) is 1. The molecule has 0 radical (unpaired) electrons. The van der Waals surface area contributed by atoms with Gasteiger partial charge in [-0.2, -0.15) is 0 Å². The zero-order chi connectivity index (χ0) is 12.8. The molecule has 0 saturated heterocycles. The molecule has 96 valence electrons. The van der Waals surface area contributed by atoms with Crippen LogP contribution in [0, 0.1) is 6.92 Å². The summed E-state index contributed by atoms with van der Waals surface area (Å²) in [5, 5.41) is 12.6. The van der Waals surface area contributed by atoms with E-state index in [1.165, 1.54) is 0 Å². The molecule has 2 N–H and O–H groups in total. The van der Waals surface area contributed by atoms with E-state index in [0.29, 0.717) is 11.6 Å². The van der Waals surface area contributed by atoms with E-state index < -0.39 is 0 Å². The Hall–Kier alpha value is -0.870. The normalized spacial score (nSPS) is 12.5. The van der Waals surface area contributed by atoms with Gasteiger partial charge in [0.15, 0.2) is 0 Å². The largest absolute Gasteiger partial charge is 0.396 e. The smallest absolute Gasteiger partial charge is 0.137 e. The fraction of sp³-hybridized carbons (Fsp3) is 0.667. The molecule has 0 bridgehead atoms. The van der Waals surface area contributed by atoms with Crippen LogP contribution in [0.4, 0.5) is 5.82 Å². The molecular formula is C12H20ClN3O. The first-order chi connectivity index (χ1) is 8.08. The topological polar surface area (TPSA) is 58.0 Å². The second-order valence-corrected chi connectivity index (χ2v) is 4.57. The van der Waals surface area contributed by atoms with Crippen LogP contribution >= 0.6 is 11.6 Å². The first-order valence-electron chi connectivity index (χ1n) is 5.98.